The maximum absolute atomic E-state index is 5.17. The average molecular weight is 339 g/mol. The molecule has 9 heteroatoms. The van der Waals surface area contributed by atoms with Crippen LogP contribution in [0.25, 0.3) is 16.7 Å². The first-order valence-corrected chi connectivity index (χ1v) is 7.94. The summed E-state index contributed by atoms with van der Waals surface area (Å²) >= 11 is 1.21. The molecular weight excluding hydrogens is 326 g/mol. The third kappa shape index (κ3) is 2.76. The topological polar surface area (TPSA) is 90.6 Å². The third-order valence-electron chi connectivity index (χ3n) is 3.56. The van der Waals surface area contributed by atoms with E-state index in [1.807, 2.05) is 42.5 Å². The normalized spacial score (nSPS) is 10.9. The minimum absolute atomic E-state index is 0.488. The minimum atomic E-state index is 0.488. The molecule has 0 atom stereocenters. The van der Waals surface area contributed by atoms with Gasteiger partial charge in [-0.3, -0.25) is 0 Å². The lowest BCUT2D eigenvalue weighted by atomic mass is 10.2. The molecule has 120 valence electrons. The maximum atomic E-state index is 5.17. The summed E-state index contributed by atoms with van der Waals surface area (Å²) in [5.41, 5.74) is 3.59. The summed E-state index contributed by atoms with van der Waals surface area (Å²) in [4.78, 5) is 0. The molecule has 2 aromatic heterocycles. The molecule has 2 aromatic carbocycles. The highest BCUT2D eigenvalue weighted by Gasteiger charge is 2.09. The summed E-state index contributed by atoms with van der Waals surface area (Å²) in [7, 11) is 1.63. The number of methoxy groups -OCH3 is 1. The van der Waals surface area contributed by atoms with Crippen LogP contribution in [0.2, 0.25) is 0 Å². The number of hydrogen-bond donors (Lipinski definition) is 1. The van der Waals surface area contributed by atoms with Crippen molar-refractivity contribution in [2.75, 3.05) is 12.4 Å². The van der Waals surface area contributed by atoms with Crippen molar-refractivity contribution in [2.24, 2.45) is 0 Å². The molecule has 0 saturated heterocycles. The van der Waals surface area contributed by atoms with Crippen LogP contribution in [0.3, 0.4) is 0 Å². The lowest BCUT2D eigenvalue weighted by Crippen LogP contribution is -2.08. The summed E-state index contributed by atoms with van der Waals surface area (Å²) in [5, 5.41) is 15.2. The molecule has 4 aromatic rings. The van der Waals surface area contributed by atoms with Crippen molar-refractivity contribution >= 4 is 28.4 Å². The van der Waals surface area contributed by atoms with Gasteiger partial charge < -0.3 is 10.1 Å². The lowest BCUT2D eigenvalue weighted by Gasteiger charge is -2.08. The molecule has 0 amide bonds. The maximum Gasteiger partial charge on any atom is 0.175 e. The summed E-state index contributed by atoms with van der Waals surface area (Å²) in [6.07, 6.45) is 0. The van der Waals surface area contributed by atoms with Gasteiger partial charge in [0.25, 0.3) is 0 Å². The zero-order valence-corrected chi connectivity index (χ0v) is 13.6. The number of hydrogen-bond acceptors (Lipinski definition) is 8. The van der Waals surface area contributed by atoms with E-state index in [1.165, 1.54) is 11.7 Å². The SMILES string of the molecule is COc1ccc(-n2nnnc2CNc2ccc3nsnc3c2)cc1. The zero-order chi connectivity index (χ0) is 16.4. The number of aromatic nitrogens is 6. The Hall–Kier alpha value is -3.07. The predicted octanol–water partition coefficient (Wildman–Crippen LogP) is 2.29. The molecule has 0 saturated carbocycles. The van der Waals surface area contributed by atoms with Crippen LogP contribution in [0, 0.1) is 0 Å². The molecular formula is C15H13N7OS. The predicted molar refractivity (Wildman–Crippen MR) is 90.4 cm³/mol. The fourth-order valence-corrected chi connectivity index (χ4v) is 2.83. The molecule has 0 aliphatic rings. The van der Waals surface area contributed by atoms with E-state index in [1.54, 1.807) is 11.8 Å². The number of fused-ring (bicyclic) bond motifs is 1. The highest BCUT2D eigenvalue weighted by Crippen LogP contribution is 2.18. The van der Waals surface area contributed by atoms with Gasteiger partial charge in [0.1, 0.15) is 16.8 Å². The number of tetrazole rings is 1. The number of anilines is 1. The van der Waals surface area contributed by atoms with Gasteiger partial charge in [-0.15, -0.1) is 5.10 Å². The van der Waals surface area contributed by atoms with E-state index < -0.39 is 0 Å². The standard InChI is InChI=1S/C15H13N7OS/c1-23-12-5-3-11(4-6-12)22-15(17-20-21-22)9-16-10-2-7-13-14(8-10)19-24-18-13/h2-8,16H,9H2,1H3. The van der Waals surface area contributed by atoms with Crippen LogP contribution in [-0.4, -0.2) is 36.1 Å². The fourth-order valence-electron chi connectivity index (χ4n) is 2.31. The first-order valence-electron chi connectivity index (χ1n) is 7.21. The number of ether oxygens (including phenoxy) is 1. The first kappa shape index (κ1) is 14.5. The molecule has 0 bridgehead atoms. The van der Waals surface area contributed by atoms with Gasteiger partial charge >= 0.3 is 0 Å². The summed E-state index contributed by atoms with van der Waals surface area (Å²) < 4.78 is 15.3. The van der Waals surface area contributed by atoms with Crippen LogP contribution in [-0.2, 0) is 6.54 Å². The van der Waals surface area contributed by atoms with E-state index in [9.17, 15) is 0 Å². The van der Waals surface area contributed by atoms with Crippen molar-refractivity contribution in [1.29, 1.82) is 0 Å². The van der Waals surface area contributed by atoms with Crippen molar-refractivity contribution in [3.05, 3.63) is 48.3 Å². The Labute approximate surface area is 141 Å². The average Bonchev–Trinajstić information content (AvgIpc) is 3.28. The molecule has 0 aliphatic carbocycles. The van der Waals surface area contributed by atoms with Crippen molar-refractivity contribution < 1.29 is 4.74 Å². The molecule has 1 N–H and O–H groups in total. The molecule has 0 radical (unpaired) electrons. The van der Waals surface area contributed by atoms with Gasteiger partial charge in [0.15, 0.2) is 5.82 Å². The second-order valence-electron chi connectivity index (χ2n) is 5.03. The minimum Gasteiger partial charge on any atom is -0.497 e. The first-order chi connectivity index (χ1) is 11.8. The summed E-state index contributed by atoms with van der Waals surface area (Å²) in [5.74, 6) is 1.49. The van der Waals surface area contributed by atoms with Crippen LogP contribution < -0.4 is 10.1 Å². The zero-order valence-electron chi connectivity index (χ0n) is 12.7. The van der Waals surface area contributed by atoms with Gasteiger partial charge in [0.05, 0.1) is 31.1 Å². The molecule has 2 heterocycles. The summed E-state index contributed by atoms with van der Waals surface area (Å²) in [6, 6.07) is 13.4. The second kappa shape index (κ2) is 6.20. The molecule has 0 spiro atoms. The number of nitrogens with one attached hydrogen (secondary N) is 1. The Kier molecular flexibility index (Phi) is 3.75. The molecule has 0 unspecified atom stereocenters. The van der Waals surface area contributed by atoms with Crippen LogP contribution in [0.5, 0.6) is 5.75 Å². The van der Waals surface area contributed by atoms with Crippen LogP contribution in [0.15, 0.2) is 42.5 Å². The number of benzene rings is 2. The van der Waals surface area contributed by atoms with E-state index >= 15 is 0 Å². The molecule has 24 heavy (non-hydrogen) atoms. The van der Waals surface area contributed by atoms with Crippen molar-refractivity contribution in [3.8, 4) is 11.4 Å². The molecule has 4 rings (SSSR count). The molecule has 8 nitrogen and oxygen atoms in total. The van der Waals surface area contributed by atoms with Crippen LogP contribution in [0.4, 0.5) is 5.69 Å². The van der Waals surface area contributed by atoms with Gasteiger partial charge in [-0.25, -0.2) is 0 Å². The number of rotatable bonds is 5. The van der Waals surface area contributed by atoms with Crippen LogP contribution in [0.1, 0.15) is 5.82 Å². The third-order valence-corrected chi connectivity index (χ3v) is 4.11. The Morgan fingerprint density at radius 3 is 2.75 bits per heavy atom. The highest BCUT2D eigenvalue weighted by atomic mass is 32.1. The highest BCUT2D eigenvalue weighted by molar-refractivity contribution is 7.00. The van der Waals surface area contributed by atoms with Crippen molar-refractivity contribution in [1.82, 2.24) is 29.0 Å². The Bertz CT molecular complexity index is 963. The fraction of sp³-hybridized carbons (Fsp3) is 0.133. The quantitative estimate of drug-likeness (QED) is 0.596. The van der Waals surface area contributed by atoms with Gasteiger partial charge in [-0.1, -0.05) is 0 Å². The second-order valence-corrected chi connectivity index (χ2v) is 5.55. The Morgan fingerprint density at radius 2 is 1.92 bits per heavy atom. The van der Waals surface area contributed by atoms with Gasteiger partial charge in [0, 0.05) is 5.69 Å². The van der Waals surface area contributed by atoms with Crippen molar-refractivity contribution in [2.45, 2.75) is 6.54 Å². The van der Waals surface area contributed by atoms with Crippen LogP contribution >= 0.6 is 11.7 Å². The van der Waals surface area contributed by atoms with Gasteiger partial charge in [-0.2, -0.15) is 13.4 Å². The molecule has 0 fully saturated rings. The van der Waals surface area contributed by atoms with Gasteiger partial charge in [-0.05, 0) is 52.9 Å². The molecule has 0 aliphatic heterocycles. The van der Waals surface area contributed by atoms with E-state index in [0.717, 1.165) is 28.2 Å². The van der Waals surface area contributed by atoms with E-state index in [4.69, 9.17) is 4.74 Å². The smallest absolute Gasteiger partial charge is 0.175 e. The Morgan fingerprint density at radius 1 is 1.08 bits per heavy atom. The summed E-state index contributed by atoms with van der Waals surface area (Å²) in [6.45, 7) is 0.488. The number of nitrogens with zero attached hydrogens (tertiary/aromatic N) is 6. The van der Waals surface area contributed by atoms with Crippen molar-refractivity contribution in [3.63, 3.8) is 0 Å². The van der Waals surface area contributed by atoms with E-state index in [0.29, 0.717) is 12.4 Å². The van der Waals surface area contributed by atoms with Gasteiger partial charge in [0.2, 0.25) is 0 Å². The largest absolute Gasteiger partial charge is 0.497 e. The monoisotopic (exact) mass is 339 g/mol. The van der Waals surface area contributed by atoms with E-state index in [-0.39, 0.29) is 0 Å². The Balaban J connectivity index is 1.53. The van der Waals surface area contributed by atoms with E-state index in [2.05, 4.69) is 29.6 Å². The lowest BCUT2D eigenvalue weighted by molar-refractivity contribution is 0.414.